The van der Waals surface area contributed by atoms with Crippen LogP contribution in [0.25, 0.3) is 0 Å². The fourth-order valence-corrected chi connectivity index (χ4v) is 16.1. The van der Waals surface area contributed by atoms with E-state index in [0.29, 0.717) is 25.7 Å². The summed E-state index contributed by atoms with van der Waals surface area (Å²) in [6, 6.07) is 7.26. The van der Waals surface area contributed by atoms with E-state index in [1.807, 2.05) is 0 Å². The first-order valence-electron chi connectivity index (χ1n) is 48.1. The molecule has 0 atom stereocenters. The van der Waals surface area contributed by atoms with Gasteiger partial charge < -0.3 is 28.1 Å². The number of hydrogen-bond acceptors (Lipinski definition) is 14. The van der Waals surface area contributed by atoms with E-state index in [-0.39, 0.29) is 75.3 Å². The van der Waals surface area contributed by atoms with Crippen LogP contribution in [0, 0.1) is 0 Å². The Labute approximate surface area is 747 Å². The third kappa shape index (κ3) is 69.5. The third-order valence-corrected chi connectivity index (χ3v) is 23.8. The standard InChI is InChI=1S/2C50H86O7S.Ca/c2*1-3-5-7-9-11-13-15-17-19-21-23-25-27-29-31-33-35-37-39-44-56-49(51)46-42-41-43-47(58(53,54)55)48(46)50(52)57-45-40-38-36-34-32-30-28-26-24-22-20-18-16-14-12-10-8-6-4-2;/h2*21-24,41-43H,3-20,25-40,44-45H2,1-2H3,(H,53,54,55);/q;;+2/p-2/b2*23-21+,24-22+;. The molecule has 0 radical (unpaired) electrons. The molecule has 14 nitrogen and oxygen atoms in total. The van der Waals surface area contributed by atoms with Crippen LogP contribution in [0.4, 0.5) is 0 Å². The minimum Gasteiger partial charge on any atom is -0.744 e. The van der Waals surface area contributed by atoms with Gasteiger partial charge in [0.2, 0.25) is 0 Å². The van der Waals surface area contributed by atoms with Crippen LogP contribution in [0.1, 0.15) is 506 Å². The summed E-state index contributed by atoms with van der Waals surface area (Å²) in [5, 5.41) is 0. The Bertz CT molecular complexity index is 2810. The Balaban J connectivity index is 0.00000228. The molecule has 0 aliphatic rings. The predicted molar refractivity (Wildman–Crippen MR) is 489 cm³/mol. The maximum absolute atomic E-state index is 13.0. The first-order valence-corrected chi connectivity index (χ1v) is 50.9. The van der Waals surface area contributed by atoms with Crippen LogP contribution in [-0.4, -0.2) is 114 Å². The number of carbonyl (C=O) groups excluding carboxylic acids is 4. The van der Waals surface area contributed by atoms with Gasteiger partial charge in [-0.05, 0) is 153 Å². The van der Waals surface area contributed by atoms with Crippen molar-refractivity contribution < 1.29 is 64.1 Å². The molecule has 0 fully saturated rings. The summed E-state index contributed by atoms with van der Waals surface area (Å²) in [6.45, 7) is 9.52. The van der Waals surface area contributed by atoms with Crippen LogP contribution >= 0.6 is 0 Å². The van der Waals surface area contributed by atoms with Crippen molar-refractivity contribution in [3.63, 3.8) is 0 Å². The number of unbranched alkanes of at least 4 members (excludes halogenated alkanes) is 60. The van der Waals surface area contributed by atoms with Gasteiger partial charge in [-0.3, -0.25) is 0 Å². The van der Waals surface area contributed by atoms with Gasteiger partial charge in [0.15, 0.2) is 0 Å². The van der Waals surface area contributed by atoms with E-state index >= 15 is 0 Å². The molecule has 0 amide bonds. The molecule has 0 bridgehead atoms. The third-order valence-electron chi connectivity index (χ3n) is 22.0. The Morgan fingerprint density at radius 1 is 0.239 bits per heavy atom. The summed E-state index contributed by atoms with van der Waals surface area (Å²) < 4.78 is 93.7. The summed E-state index contributed by atoms with van der Waals surface area (Å²) >= 11 is 0. The molecule has 0 aliphatic heterocycles. The molecule has 0 heterocycles. The fourth-order valence-electron chi connectivity index (χ4n) is 14.7. The number of hydrogen-bond donors (Lipinski definition) is 0. The minimum absolute atomic E-state index is 0. The SMILES string of the molecule is CCCCCCCCCC/C=C/CCCCCCCCCOC(=O)c1cccc(S(=O)(=O)[O-])c1C(=O)OCCCCCCCCC/C=C/CCCCCCCCCC.CCCCCCCCCC/C=C/CCCCCCCCCOC(=O)c1cccc(S(=O)(=O)[O-])c1C(=O)OCCCCCCCCC/C=C/CCCCCCCCCC.[Ca+2]. The quantitative estimate of drug-likeness (QED) is 0.0150. The summed E-state index contributed by atoms with van der Waals surface area (Å²) in [6.07, 6.45) is 101. The van der Waals surface area contributed by atoms with Gasteiger partial charge in [-0.2, -0.15) is 0 Å². The first kappa shape index (κ1) is 113. The van der Waals surface area contributed by atoms with Gasteiger partial charge in [0.1, 0.15) is 20.2 Å². The molecule has 0 N–H and O–H groups in total. The van der Waals surface area contributed by atoms with Crippen LogP contribution in [-0.2, 0) is 39.2 Å². The first-order chi connectivity index (χ1) is 56.6. The van der Waals surface area contributed by atoms with E-state index in [1.54, 1.807) is 0 Å². The molecule has 668 valence electrons. The Hall–Kier alpha value is -3.64. The molecule has 17 heteroatoms. The largest absolute Gasteiger partial charge is 2.00 e. The molecule has 0 spiro atoms. The average molecular weight is 1700 g/mol. The normalized spacial score (nSPS) is 11.8. The van der Waals surface area contributed by atoms with Crippen molar-refractivity contribution in [1.82, 2.24) is 0 Å². The van der Waals surface area contributed by atoms with Crippen molar-refractivity contribution in [2.24, 2.45) is 0 Å². The van der Waals surface area contributed by atoms with Crippen LogP contribution in [0.2, 0.25) is 0 Å². The maximum Gasteiger partial charge on any atom is 2.00 e. The number of allylic oxidation sites excluding steroid dienone is 8. The van der Waals surface area contributed by atoms with E-state index < -0.39 is 65.0 Å². The van der Waals surface area contributed by atoms with Gasteiger partial charge >= 0.3 is 61.6 Å². The van der Waals surface area contributed by atoms with Crippen molar-refractivity contribution in [3.05, 3.63) is 107 Å². The molecule has 0 aliphatic carbocycles. The van der Waals surface area contributed by atoms with E-state index in [4.69, 9.17) is 18.9 Å². The number of ether oxygens (including phenoxy) is 4. The molecule has 2 aromatic carbocycles. The van der Waals surface area contributed by atoms with Gasteiger partial charge in [0.05, 0.1) is 58.5 Å². The van der Waals surface area contributed by atoms with Gasteiger partial charge in [-0.25, -0.2) is 36.0 Å². The zero-order valence-corrected chi connectivity index (χ0v) is 79.1. The smallest absolute Gasteiger partial charge is 0.744 e. The van der Waals surface area contributed by atoms with Crippen molar-refractivity contribution in [2.75, 3.05) is 26.4 Å². The van der Waals surface area contributed by atoms with Crippen LogP contribution < -0.4 is 0 Å². The molecule has 117 heavy (non-hydrogen) atoms. The minimum atomic E-state index is -5.02. The van der Waals surface area contributed by atoms with Gasteiger partial charge in [0, 0.05) is 0 Å². The van der Waals surface area contributed by atoms with E-state index in [1.165, 1.54) is 332 Å². The van der Waals surface area contributed by atoms with Crippen LogP contribution in [0.3, 0.4) is 0 Å². The average Bonchev–Trinajstić information content (AvgIpc) is 0.796. The summed E-state index contributed by atoms with van der Waals surface area (Å²) in [4.78, 5) is 50.5. The zero-order valence-electron chi connectivity index (χ0n) is 75.2. The fraction of sp³-hybridized carbons (Fsp3) is 0.760. The molecule has 0 saturated heterocycles. The number of benzene rings is 2. The molecular weight excluding hydrogens is 1530 g/mol. The summed E-state index contributed by atoms with van der Waals surface area (Å²) in [7, 11) is -10.0. The summed E-state index contributed by atoms with van der Waals surface area (Å²) in [5.41, 5.74) is -1.57. The van der Waals surface area contributed by atoms with Gasteiger partial charge in [-0.1, -0.05) is 397 Å². The number of esters is 4. The molecule has 2 aromatic rings. The molecule has 0 aromatic heterocycles. The number of carbonyl (C=O) groups is 4. The van der Waals surface area contributed by atoms with Crippen LogP contribution in [0.5, 0.6) is 0 Å². The van der Waals surface area contributed by atoms with E-state index in [0.717, 1.165) is 115 Å². The summed E-state index contributed by atoms with van der Waals surface area (Å²) in [5.74, 6) is -3.63. The second-order valence-corrected chi connectivity index (χ2v) is 35.5. The Morgan fingerprint density at radius 3 is 0.564 bits per heavy atom. The zero-order chi connectivity index (χ0) is 84.4. The number of rotatable bonds is 82. The Morgan fingerprint density at radius 2 is 0.393 bits per heavy atom. The monoisotopic (exact) mass is 1700 g/mol. The molecule has 2 rings (SSSR count). The topological polar surface area (TPSA) is 220 Å². The molecule has 0 unspecified atom stereocenters. The van der Waals surface area contributed by atoms with Crippen molar-refractivity contribution in [3.8, 4) is 0 Å². The Kier molecular flexibility index (Phi) is 81.9. The predicted octanol–water partition coefficient (Wildman–Crippen LogP) is 30.3. The molecule has 0 saturated carbocycles. The van der Waals surface area contributed by atoms with Crippen molar-refractivity contribution >= 4 is 81.9 Å². The molecular formula is C100H170CaO14S2. The van der Waals surface area contributed by atoms with E-state index in [2.05, 4.69) is 76.3 Å². The second-order valence-electron chi connectivity index (χ2n) is 32.8. The maximum atomic E-state index is 13.0. The van der Waals surface area contributed by atoms with Gasteiger partial charge in [-0.15, -0.1) is 0 Å². The van der Waals surface area contributed by atoms with Crippen molar-refractivity contribution in [2.45, 2.75) is 474 Å². The van der Waals surface area contributed by atoms with Crippen LogP contribution in [0.15, 0.2) is 94.8 Å². The van der Waals surface area contributed by atoms with E-state index in [9.17, 15) is 45.1 Å². The van der Waals surface area contributed by atoms with Crippen molar-refractivity contribution in [1.29, 1.82) is 0 Å². The second kappa shape index (κ2) is 84.6. The van der Waals surface area contributed by atoms with Gasteiger partial charge in [0.25, 0.3) is 0 Å².